The third-order valence-corrected chi connectivity index (χ3v) is 14.3. The first-order chi connectivity index (χ1) is 38.0. The van der Waals surface area contributed by atoms with Crippen molar-refractivity contribution in [3.63, 3.8) is 0 Å². The highest BCUT2D eigenvalue weighted by atomic mass is 79.9. The van der Waals surface area contributed by atoms with Crippen LogP contribution in [0, 0.1) is 12.7 Å². The van der Waals surface area contributed by atoms with Gasteiger partial charge in [-0.15, -0.1) is 0 Å². The SMILES string of the molecule is CCCCOc1ccc(N(c2ccc(OCCCC)cc2)c2c(C)cc3cc(-c4ccc(-c5cc6ccc(N(c7ccc(OCCCC)c(Cl)c7)c7ccc(OCCCC)cc7Br)cc6oc5=O)cc4)c(=O)oc3c2F)cc1. The Kier molecular flexibility index (Phi) is 18.2. The van der Waals surface area contributed by atoms with Crippen molar-refractivity contribution in [2.24, 2.45) is 0 Å². The maximum atomic E-state index is 17.2. The molecule has 0 aliphatic rings. The van der Waals surface area contributed by atoms with E-state index < -0.39 is 17.1 Å². The summed E-state index contributed by atoms with van der Waals surface area (Å²) in [5.74, 6) is 2.08. The molecule has 0 unspecified atom stereocenters. The molecule has 0 amide bonds. The fraction of sp³-hybridized carbons (Fsp3) is 0.262. The molecule has 0 N–H and O–H groups in total. The Morgan fingerprint density at radius 1 is 0.513 bits per heavy atom. The molecule has 0 atom stereocenters. The quantitative estimate of drug-likeness (QED) is 0.0429. The topological polar surface area (TPSA) is 104 Å². The van der Waals surface area contributed by atoms with Gasteiger partial charge in [0, 0.05) is 44.1 Å². The first-order valence-corrected chi connectivity index (χ1v) is 28.0. The molecule has 9 rings (SSSR count). The van der Waals surface area contributed by atoms with Crippen molar-refractivity contribution in [2.75, 3.05) is 36.2 Å². The molecule has 0 fully saturated rings. The van der Waals surface area contributed by atoms with Crippen molar-refractivity contribution in [1.82, 2.24) is 0 Å². The van der Waals surface area contributed by atoms with Gasteiger partial charge in [0.05, 0.1) is 54.0 Å². The average Bonchev–Trinajstić information content (AvgIpc) is 3.64. The molecule has 0 spiro atoms. The number of hydrogen-bond donors (Lipinski definition) is 0. The Balaban J connectivity index is 1.01. The molecule has 13 heteroatoms. The monoisotopic (exact) mass is 1130 g/mol. The van der Waals surface area contributed by atoms with E-state index in [0.29, 0.717) is 104 Å². The normalized spacial score (nSPS) is 11.3. The van der Waals surface area contributed by atoms with Gasteiger partial charge < -0.3 is 37.6 Å². The highest BCUT2D eigenvalue weighted by Crippen LogP contribution is 2.45. The summed E-state index contributed by atoms with van der Waals surface area (Å²) < 4.78 is 53.8. The molecule has 7 aromatic carbocycles. The van der Waals surface area contributed by atoms with Crippen LogP contribution < -0.4 is 40.0 Å². The summed E-state index contributed by atoms with van der Waals surface area (Å²) >= 11 is 10.6. The van der Waals surface area contributed by atoms with Crippen LogP contribution in [-0.2, 0) is 0 Å². The molecule has 0 saturated heterocycles. The number of rotatable bonds is 24. The van der Waals surface area contributed by atoms with Crippen molar-refractivity contribution in [3.05, 3.63) is 187 Å². The number of anilines is 6. The zero-order valence-corrected chi connectivity index (χ0v) is 47.0. The van der Waals surface area contributed by atoms with E-state index in [-0.39, 0.29) is 16.8 Å². The lowest BCUT2D eigenvalue weighted by Crippen LogP contribution is -2.14. The van der Waals surface area contributed by atoms with Crippen molar-refractivity contribution in [3.8, 4) is 45.3 Å². The number of halogens is 3. The molecule has 2 heterocycles. The molecule has 0 aliphatic heterocycles. The highest BCUT2D eigenvalue weighted by Gasteiger charge is 2.25. The van der Waals surface area contributed by atoms with Gasteiger partial charge in [0.2, 0.25) is 0 Å². The molecule has 0 saturated carbocycles. The Morgan fingerprint density at radius 3 is 1.55 bits per heavy atom. The highest BCUT2D eigenvalue weighted by molar-refractivity contribution is 9.10. The number of nitrogens with zero attached hydrogens (tertiary/aromatic N) is 2. The molecular formula is C65H63BrClFN2O8. The second-order valence-electron chi connectivity index (χ2n) is 19.2. The minimum absolute atomic E-state index is 0.169. The maximum absolute atomic E-state index is 17.2. The molecule has 0 bridgehead atoms. The van der Waals surface area contributed by atoms with Crippen LogP contribution in [0.1, 0.15) is 84.6 Å². The van der Waals surface area contributed by atoms with E-state index in [9.17, 15) is 9.59 Å². The second-order valence-corrected chi connectivity index (χ2v) is 20.4. The molecule has 9 aromatic rings. The van der Waals surface area contributed by atoms with Gasteiger partial charge in [0.1, 0.15) is 28.6 Å². The van der Waals surface area contributed by atoms with E-state index in [1.165, 1.54) is 0 Å². The van der Waals surface area contributed by atoms with Crippen LogP contribution in [0.4, 0.5) is 38.5 Å². The summed E-state index contributed by atoms with van der Waals surface area (Å²) in [4.78, 5) is 31.6. The van der Waals surface area contributed by atoms with Crippen molar-refractivity contribution < 1.29 is 32.2 Å². The van der Waals surface area contributed by atoms with Gasteiger partial charge in [-0.3, -0.25) is 0 Å². The number of ether oxygens (including phenoxy) is 4. The first kappa shape index (κ1) is 55.2. The van der Waals surface area contributed by atoms with Crippen LogP contribution in [-0.4, -0.2) is 26.4 Å². The van der Waals surface area contributed by atoms with Crippen LogP contribution in [0.3, 0.4) is 0 Å². The predicted molar refractivity (Wildman–Crippen MR) is 318 cm³/mol. The van der Waals surface area contributed by atoms with Gasteiger partial charge in [0.25, 0.3) is 0 Å². The van der Waals surface area contributed by atoms with Crippen molar-refractivity contribution in [2.45, 2.75) is 86.0 Å². The predicted octanol–water partition coefficient (Wildman–Crippen LogP) is 18.8. The largest absolute Gasteiger partial charge is 0.494 e. The number of unbranched alkanes of at least 4 members (excludes halogenated alkanes) is 4. The Bertz CT molecular complexity index is 3590. The summed E-state index contributed by atoms with van der Waals surface area (Å²) in [6, 6.07) is 44.5. The van der Waals surface area contributed by atoms with E-state index >= 15 is 4.39 Å². The zero-order chi connectivity index (χ0) is 54.7. The fourth-order valence-electron chi connectivity index (χ4n) is 9.14. The molecule has 0 radical (unpaired) electrons. The van der Waals surface area contributed by atoms with Crippen LogP contribution in [0.5, 0.6) is 23.0 Å². The Hall–Kier alpha value is -7.54. The second kappa shape index (κ2) is 25.7. The van der Waals surface area contributed by atoms with Crippen LogP contribution >= 0.6 is 27.5 Å². The smallest absolute Gasteiger partial charge is 0.344 e. The maximum Gasteiger partial charge on any atom is 0.344 e. The van der Waals surface area contributed by atoms with E-state index in [1.807, 2.05) is 126 Å². The lowest BCUT2D eigenvalue weighted by Gasteiger charge is -2.28. The lowest BCUT2D eigenvalue weighted by atomic mass is 10.00. The standard InChI is InChI=1S/C65H63BrClFN2O8/c1-6-10-32-73-51-25-20-47(21-26-51)70(48-22-27-52(28-23-48)74-33-11-7-2)62-42(5)36-46-38-55(65(72)78-63(46)61(62)68)44-16-14-43(15-17-44)54-37-45-18-19-50(40-60(45)77-64(54)71)69(49-24-31-59(57(67)39-49)76-35-13-9-4)58-30-29-53(41-56(58)66)75-34-12-8-3/h14-31,36-41H,6-13,32-35H2,1-5H3. The summed E-state index contributed by atoms with van der Waals surface area (Å²) in [5.41, 5.74) is 5.14. The number of fused-ring (bicyclic) bond motifs is 2. The van der Waals surface area contributed by atoms with Crippen molar-refractivity contribution >= 4 is 83.6 Å². The first-order valence-electron chi connectivity index (χ1n) is 26.8. The molecular weight excluding hydrogens is 1070 g/mol. The van der Waals surface area contributed by atoms with Gasteiger partial charge in [-0.25, -0.2) is 14.0 Å². The van der Waals surface area contributed by atoms with Gasteiger partial charge >= 0.3 is 11.3 Å². The molecule has 2 aromatic heterocycles. The van der Waals surface area contributed by atoms with E-state index in [4.69, 9.17) is 39.4 Å². The average molecular weight is 1130 g/mol. The molecule has 402 valence electrons. The number of aryl methyl sites for hydroxylation is 1. The van der Waals surface area contributed by atoms with E-state index in [0.717, 1.165) is 73.0 Å². The summed E-state index contributed by atoms with van der Waals surface area (Å²) in [5, 5.41) is 1.57. The van der Waals surface area contributed by atoms with Crippen LogP contribution in [0.25, 0.3) is 44.2 Å². The summed E-state index contributed by atoms with van der Waals surface area (Å²) in [7, 11) is 0. The minimum atomic E-state index is -0.713. The Morgan fingerprint density at radius 2 is 1.00 bits per heavy atom. The summed E-state index contributed by atoms with van der Waals surface area (Å²) in [6.45, 7) is 12.7. The fourth-order valence-corrected chi connectivity index (χ4v) is 9.91. The zero-order valence-electron chi connectivity index (χ0n) is 44.6. The van der Waals surface area contributed by atoms with Gasteiger partial charge in [0.15, 0.2) is 11.4 Å². The molecule has 78 heavy (non-hydrogen) atoms. The minimum Gasteiger partial charge on any atom is -0.494 e. The van der Waals surface area contributed by atoms with Crippen molar-refractivity contribution in [1.29, 1.82) is 0 Å². The molecule has 0 aliphatic carbocycles. The number of benzene rings is 7. The van der Waals surface area contributed by atoms with Gasteiger partial charge in [-0.2, -0.15) is 0 Å². The lowest BCUT2D eigenvalue weighted by molar-refractivity contribution is 0.309. The van der Waals surface area contributed by atoms with Gasteiger partial charge in [-0.1, -0.05) is 89.2 Å². The van der Waals surface area contributed by atoms with Crippen LogP contribution in [0.15, 0.2) is 168 Å². The third-order valence-electron chi connectivity index (χ3n) is 13.4. The Labute approximate surface area is 468 Å². The van der Waals surface area contributed by atoms with Crippen LogP contribution in [0.2, 0.25) is 5.02 Å². The van der Waals surface area contributed by atoms with E-state index in [1.54, 1.807) is 36.4 Å². The van der Waals surface area contributed by atoms with Gasteiger partial charge in [-0.05, 0) is 180 Å². The summed E-state index contributed by atoms with van der Waals surface area (Å²) in [6.07, 6.45) is 7.78. The number of hydrogen-bond acceptors (Lipinski definition) is 10. The molecule has 10 nitrogen and oxygen atoms in total. The van der Waals surface area contributed by atoms with E-state index in [2.05, 4.69) is 43.6 Å². The third kappa shape index (κ3) is 12.6.